The van der Waals surface area contributed by atoms with Gasteiger partial charge in [-0.3, -0.25) is 9.69 Å². The Balaban J connectivity index is 1.64. The van der Waals surface area contributed by atoms with Crippen molar-refractivity contribution in [1.82, 2.24) is 0 Å². The lowest BCUT2D eigenvalue weighted by atomic mass is 9.65. The number of nitrogens with zero attached hydrogens (tertiary/aromatic N) is 2. The smallest absolute Gasteiger partial charge is 0.235 e. The summed E-state index contributed by atoms with van der Waals surface area (Å²) in [5, 5.41) is 20.2. The number of carbonyl (C=O) groups excluding carboxylic acids is 1. The summed E-state index contributed by atoms with van der Waals surface area (Å²) in [6.07, 6.45) is -0.147. The predicted octanol–water partition coefficient (Wildman–Crippen LogP) is 2.48. The lowest BCUT2D eigenvalue weighted by Crippen LogP contribution is -2.56. The third-order valence-corrected chi connectivity index (χ3v) is 7.03. The summed E-state index contributed by atoms with van der Waals surface area (Å²) in [6.45, 7) is 2.29. The lowest BCUT2D eigenvalue weighted by molar-refractivity contribution is -0.163. The predicted molar refractivity (Wildman–Crippen MR) is 92.8 cm³/mol. The van der Waals surface area contributed by atoms with Gasteiger partial charge in [-0.1, -0.05) is 23.2 Å². The standard InChI is InChI=1S/C18H16Cl2N2O4/c1-17-6-12(23)18(26-17)2-3-25-16-14(18)13(17)15(24)22(16)8-4-10(19)9(7-21)11(20)5-8/h4-5,12-14,16,23H,2-3,6H2,1H3/t12-,13-,14+,16+,17-,18+/m1/s1. The maximum Gasteiger partial charge on any atom is 0.235 e. The van der Waals surface area contributed by atoms with Gasteiger partial charge in [0.2, 0.25) is 5.91 Å². The molecule has 8 heteroatoms. The Labute approximate surface area is 160 Å². The minimum atomic E-state index is -0.743. The average Bonchev–Trinajstić information content (AvgIpc) is 3.11. The molecule has 0 unspecified atom stereocenters. The van der Waals surface area contributed by atoms with Crippen molar-refractivity contribution in [3.63, 3.8) is 0 Å². The third-order valence-electron chi connectivity index (χ3n) is 6.43. The van der Waals surface area contributed by atoms with Gasteiger partial charge in [0.1, 0.15) is 17.9 Å². The highest BCUT2D eigenvalue weighted by atomic mass is 35.5. The van der Waals surface area contributed by atoms with E-state index in [2.05, 4.69) is 0 Å². The number of benzene rings is 1. The number of amides is 1. The summed E-state index contributed by atoms with van der Waals surface area (Å²) >= 11 is 12.4. The van der Waals surface area contributed by atoms with Crippen molar-refractivity contribution in [3.8, 4) is 6.07 Å². The molecule has 1 aromatic carbocycles. The number of anilines is 1. The average molecular weight is 395 g/mol. The zero-order valence-corrected chi connectivity index (χ0v) is 15.4. The minimum absolute atomic E-state index is 0.116. The SMILES string of the molecule is C[C@@]12C[C@@H](O)[C@]3(CCO[C@H]4[C@@H]3[C@@H]1C(=O)N4c1cc(Cl)c(C#N)c(Cl)c1)O2. The molecular weight excluding hydrogens is 379 g/mol. The van der Waals surface area contributed by atoms with Crippen molar-refractivity contribution in [2.75, 3.05) is 11.5 Å². The number of hydrogen-bond donors (Lipinski definition) is 1. The van der Waals surface area contributed by atoms with Crippen LogP contribution in [0, 0.1) is 23.2 Å². The second kappa shape index (κ2) is 5.12. The molecule has 136 valence electrons. The molecule has 0 aliphatic carbocycles. The van der Waals surface area contributed by atoms with Crippen LogP contribution >= 0.6 is 23.2 Å². The van der Waals surface area contributed by atoms with Gasteiger partial charge in [0.15, 0.2) is 0 Å². The van der Waals surface area contributed by atoms with E-state index in [-0.39, 0.29) is 33.4 Å². The third kappa shape index (κ3) is 1.81. The first-order valence-corrected chi connectivity index (χ1v) is 9.30. The monoisotopic (exact) mass is 394 g/mol. The molecule has 6 atom stereocenters. The Kier molecular flexibility index (Phi) is 3.31. The molecule has 6 nitrogen and oxygen atoms in total. The van der Waals surface area contributed by atoms with Gasteiger partial charge in [0, 0.05) is 18.5 Å². The highest BCUT2D eigenvalue weighted by Crippen LogP contribution is 2.65. The molecule has 4 fully saturated rings. The van der Waals surface area contributed by atoms with Crippen molar-refractivity contribution in [3.05, 3.63) is 27.7 Å². The van der Waals surface area contributed by atoms with Crippen molar-refractivity contribution in [1.29, 1.82) is 5.26 Å². The first-order valence-electron chi connectivity index (χ1n) is 8.54. The van der Waals surface area contributed by atoms with Gasteiger partial charge in [0.25, 0.3) is 0 Å². The molecule has 4 aliphatic heterocycles. The van der Waals surface area contributed by atoms with E-state index in [1.165, 1.54) is 0 Å². The number of rotatable bonds is 1. The van der Waals surface area contributed by atoms with Crippen LogP contribution in [0.3, 0.4) is 0 Å². The fraction of sp³-hybridized carbons (Fsp3) is 0.556. The van der Waals surface area contributed by atoms with E-state index in [0.29, 0.717) is 25.1 Å². The van der Waals surface area contributed by atoms with Crippen molar-refractivity contribution < 1.29 is 19.4 Å². The van der Waals surface area contributed by atoms with Gasteiger partial charge in [-0.2, -0.15) is 5.26 Å². The normalized spacial score (nSPS) is 42.9. The van der Waals surface area contributed by atoms with Gasteiger partial charge in [-0.15, -0.1) is 0 Å². The quantitative estimate of drug-likeness (QED) is 0.790. The van der Waals surface area contributed by atoms with E-state index >= 15 is 0 Å². The molecule has 4 aliphatic rings. The second-order valence-electron chi connectivity index (χ2n) is 7.71. The van der Waals surface area contributed by atoms with E-state index < -0.39 is 23.5 Å². The Morgan fingerprint density at radius 3 is 2.73 bits per heavy atom. The van der Waals surface area contributed by atoms with E-state index in [0.717, 1.165) is 0 Å². The number of hydrogen-bond acceptors (Lipinski definition) is 5. The Bertz CT molecular complexity index is 863. The van der Waals surface area contributed by atoms with Crippen LogP contribution in [0.15, 0.2) is 12.1 Å². The maximum atomic E-state index is 13.3. The zero-order chi connectivity index (χ0) is 18.4. The highest BCUT2D eigenvalue weighted by Gasteiger charge is 2.78. The van der Waals surface area contributed by atoms with E-state index in [9.17, 15) is 9.90 Å². The number of ether oxygens (including phenoxy) is 2. The number of nitriles is 1. The van der Waals surface area contributed by atoms with Gasteiger partial charge >= 0.3 is 0 Å². The molecule has 5 rings (SSSR count). The molecule has 0 aromatic heterocycles. The fourth-order valence-corrected chi connectivity index (χ4v) is 6.04. The number of carbonyl (C=O) groups is 1. The molecule has 0 saturated carbocycles. The van der Waals surface area contributed by atoms with Crippen LogP contribution in [0.2, 0.25) is 10.0 Å². The van der Waals surface area contributed by atoms with Gasteiger partial charge in [-0.05, 0) is 19.1 Å². The molecule has 1 N–H and O–H groups in total. The summed E-state index contributed by atoms with van der Waals surface area (Å²) in [5.41, 5.74) is -0.775. The van der Waals surface area contributed by atoms with E-state index in [4.69, 9.17) is 37.9 Å². The maximum absolute atomic E-state index is 13.3. The largest absolute Gasteiger partial charge is 0.390 e. The minimum Gasteiger partial charge on any atom is -0.390 e. The van der Waals surface area contributed by atoms with Crippen LogP contribution in [0.5, 0.6) is 0 Å². The fourth-order valence-electron chi connectivity index (χ4n) is 5.48. The molecule has 4 heterocycles. The summed E-state index contributed by atoms with van der Waals surface area (Å²) in [7, 11) is 0. The van der Waals surface area contributed by atoms with Gasteiger partial charge in [0.05, 0.1) is 45.8 Å². The first kappa shape index (κ1) is 16.8. The van der Waals surface area contributed by atoms with Crippen LogP contribution < -0.4 is 4.90 Å². The van der Waals surface area contributed by atoms with Gasteiger partial charge in [-0.25, -0.2) is 0 Å². The molecule has 1 amide bonds. The van der Waals surface area contributed by atoms with Crippen LogP contribution in [-0.4, -0.2) is 41.2 Å². The molecule has 0 radical (unpaired) electrons. The summed E-state index contributed by atoms with van der Waals surface area (Å²) in [5.74, 6) is -0.745. The number of aliphatic hydroxyl groups excluding tert-OH is 1. The summed E-state index contributed by atoms with van der Waals surface area (Å²) < 4.78 is 12.2. The van der Waals surface area contributed by atoms with Crippen LogP contribution in [0.4, 0.5) is 5.69 Å². The molecule has 1 aromatic rings. The summed E-state index contributed by atoms with van der Waals surface area (Å²) in [6, 6.07) is 5.09. The summed E-state index contributed by atoms with van der Waals surface area (Å²) in [4.78, 5) is 14.9. The molecule has 26 heavy (non-hydrogen) atoms. The van der Waals surface area contributed by atoms with E-state index in [1.807, 2.05) is 13.0 Å². The lowest BCUT2D eigenvalue weighted by Gasteiger charge is -2.43. The number of aliphatic hydroxyl groups is 1. The zero-order valence-electron chi connectivity index (χ0n) is 13.9. The number of fused-ring (bicyclic) bond motifs is 2. The molecule has 1 spiro atoms. The molecule has 4 saturated heterocycles. The van der Waals surface area contributed by atoms with Crippen molar-refractivity contribution in [2.45, 2.75) is 43.3 Å². The first-order chi connectivity index (χ1) is 12.3. The van der Waals surface area contributed by atoms with Crippen LogP contribution in [-0.2, 0) is 14.3 Å². The Hall–Kier alpha value is -1.36. The van der Waals surface area contributed by atoms with E-state index in [1.54, 1.807) is 17.0 Å². The van der Waals surface area contributed by atoms with Gasteiger partial charge < -0.3 is 14.6 Å². The Morgan fingerprint density at radius 2 is 2.08 bits per heavy atom. The van der Waals surface area contributed by atoms with Crippen molar-refractivity contribution in [2.24, 2.45) is 11.8 Å². The number of halogens is 2. The molecule has 2 bridgehead atoms. The topological polar surface area (TPSA) is 82.8 Å². The Morgan fingerprint density at radius 1 is 1.38 bits per heavy atom. The molecular formula is C18H16Cl2N2O4. The second-order valence-corrected chi connectivity index (χ2v) is 8.52. The van der Waals surface area contributed by atoms with Crippen LogP contribution in [0.1, 0.15) is 25.3 Å². The van der Waals surface area contributed by atoms with Crippen molar-refractivity contribution >= 4 is 34.8 Å². The van der Waals surface area contributed by atoms with Crippen LogP contribution in [0.25, 0.3) is 0 Å². The highest BCUT2D eigenvalue weighted by molar-refractivity contribution is 6.37.